The van der Waals surface area contributed by atoms with Gasteiger partial charge in [0.15, 0.2) is 0 Å². The smallest absolute Gasteiger partial charge is 0.224 e. The third-order valence-corrected chi connectivity index (χ3v) is 3.03. The van der Waals surface area contributed by atoms with Crippen molar-refractivity contribution in [1.29, 1.82) is 0 Å². The quantitative estimate of drug-likeness (QED) is 0.333. The van der Waals surface area contributed by atoms with E-state index in [0.29, 0.717) is 13.0 Å². The van der Waals surface area contributed by atoms with Gasteiger partial charge in [0.25, 0.3) is 0 Å². The number of hydrogen-bond acceptors (Lipinski definition) is 3. The molecule has 1 atom stereocenters. The number of hydrogen-bond donors (Lipinski definition) is 3. The Kier molecular flexibility index (Phi) is 5.64. The summed E-state index contributed by atoms with van der Waals surface area (Å²) >= 11 is 3.33. The zero-order chi connectivity index (χ0) is 13.5. The van der Waals surface area contributed by atoms with Crippen molar-refractivity contribution in [3.63, 3.8) is 0 Å². The Morgan fingerprint density at radius 2 is 2.11 bits per heavy atom. The lowest BCUT2D eigenvalue weighted by Crippen LogP contribution is -2.35. The van der Waals surface area contributed by atoms with E-state index in [2.05, 4.69) is 26.4 Å². The molecule has 4 N–H and O–H groups in total. The molecule has 1 unspecified atom stereocenters. The molecule has 5 nitrogen and oxygen atoms in total. The molecule has 0 bridgehead atoms. The van der Waals surface area contributed by atoms with Gasteiger partial charge in [0.05, 0.1) is 6.42 Å². The second-order valence-corrected chi connectivity index (χ2v) is 4.95. The van der Waals surface area contributed by atoms with E-state index in [0.717, 1.165) is 10.0 Å². The van der Waals surface area contributed by atoms with Crippen LogP contribution in [0.5, 0.6) is 0 Å². The first-order valence-corrected chi connectivity index (χ1v) is 6.30. The number of oxime groups is 1. The number of carbonyl (C=O) groups is 1. The summed E-state index contributed by atoms with van der Waals surface area (Å²) in [6.07, 6.45) is 0.316. The molecule has 1 amide bonds. The van der Waals surface area contributed by atoms with E-state index in [-0.39, 0.29) is 17.7 Å². The number of halogens is 1. The normalized spacial score (nSPS) is 13.1. The summed E-state index contributed by atoms with van der Waals surface area (Å²) in [6.45, 7) is 2.13. The Labute approximate surface area is 114 Å². The first-order chi connectivity index (χ1) is 8.52. The highest BCUT2D eigenvalue weighted by Crippen LogP contribution is 2.10. The number of nitrogens with two attached hydrogens (primary N) is 1. The second-order valence-electron chi connectivity index (χ2n) is 4.03. The number of amides is 1. The van der Waals surface area contributed by atoms with Gasteiger partial charge in [0.2, 0.25) is 5.91 Å². The third kappa shape index (κ3) is 4.75. The fourth-order valence-corrected chi connectivity index (χ4v) is 1.58. The molecule has 0 aliphatic carbocycles. The molecule has 98 valence electrons. The fourth-order valence-electron chi connectivity index (χ4n) is 1.32. The van der Waals surface area contributed by atoms with Gasteiger partial charge in [-0.3, -0.25) is 4.79 Å². The lowest BCUT2D eigenvalue weighted by atomic mass is 10.1. The van der Waals surface area contributed by atoms with E-state index in [9.17, 15) is 4.79 Å². The minimum Gasteiger partial charge on any atom is -0.409 e. The minimum atomic E-state index is -0.191. The predicted molar refractivity (Wildman–Crippen MR) is 73.4 cm³/mol. The minimum absolute atomic E-state index is 0.0880. The van der Waals surface area contributed by atoms with Gasteiger partial charge in [-0.25, -0.2) is 0 Å². The summed E-state index contributed by atoms with van der Waals surface area (Å²) in [5.41, 5.74) is 6.35. The molecule has 0 radical (unpaired) electrons. The van der Waals surface area contributed by atoms with Crippen LogP contribution in [0, 0.1) is 5.92 Å². The molecule has 0 saturated heterocycles. The van der Waals surface area contributed by atoms with Gasteiger partial charge in [-0.2, -0.15) is 0 Å². The molecule has 0 aliphatic heterocycles. The molecule has 1 rings (SSSR count). The maximum Gasteiger partial charge on any atom is 0.224 e. The highest BCUT2D eigenvalue weighted by molar-refractivity contribution is 9.10. The SMILES string of the molecule is CC(CNC(=O)Cc1ccc(Br)cc1)C(N)=NO. The Bertz CT molecular complexity index is 431. The van der Waals surface area contributed by atoms with Gasteiger partial charge < -0.3 is 16.3 Å². The molecule has 0 heterocycles. The average molecular weight is 314 g/mol. The van der Waals surface area contributed by atoms with E-state index in [4.69, 9.17) is 10.9 Å². The zero-order valence-corrected chi connectivity index (χ0v) is 11.6. The van der Waals surface area contributed by atoms with Gasteiger partial charge in [-0.05, 0) is 17.7 Å². The summed E-state index contributed by atoms with van der Waals surface area (Å²) in [5.74, 6) is -0.169. The van der Waals surface area contributed by atoms with Gasteiger partial charge >= 0.3 is 0 Å². The average Bonchev–Trinajstić information content (AvgIpc) is 2.37. The van der Waals surface area contributed by atoms with Crippen LogP contribution in [0.15, 0.2) is 33.9 Å². The van der Waals surface area contributed by atoms with Gasteiger partial charge in [-0.1, -0.05) is 40.1 Å². The Morgan fingerprint density at radius 1 is 1.50 bits per heavy atom. The van der Waals surface area contributed by atoms with Crippen LogP contribution < -0.4 is 11.1 Å². The van der Waals surface area contributed by atoms with Crippen LogP contribution in [0.1, 0.15) is 12.5 Å². The van der Waals surface area contributed by atoms with Crippen molar-refractivity contribution in [2.45, 2.75) is 13.3 Å². The Balaban J connectivity index is 2.40. The van der Waals surface area contributed by atoms with Crippen molar-refractivity contribution < 1.29 is 10.0 Å². The van der Waals surface area contributed by atoms with Crippen LogP contribution in [0.2, 0.25) is 0 Å². The summed E-state index contributed by atoms with van der Waals surface area (Å²) in [5, 5.41) is 14.1. The van der Waals surface area contributed by atoms with Crippen LogP contribution in [-0.4, -0.2) is 23.5 Å². The number of rotatable bonds is 5. The topological polar surface area (TPSA) is 87.7 Å². The third-order valence-electron chi connectivity index (χ3n) is 2.50. The van der Waals surface area contributed by atoms with E-state index in [1.807, 2.05) is 24.3 Å². The van der Waals surface area contributed by atoms with E-state index in [1.54, 1.807) is 6.92 Å². The second kappa shape index (κ2) is 7.00. The molecule has 18 heavy (non-hydrogen) atoms. The largest absolute Gasteiger partial charge is 0.409 e. The summed E-state index contributed by atoms with van der Waals surface area (Å²) in [6, 6.07) is 7.55. The highest BCUT2D eigenvalue weighted by atomic mass is 79.9. The van der Waals surface area contributed by atoms with Crippen molar-refractivity contribution in [2.24, 2.45) is 16.8 Å². The van der Waals surface area contributed by atoms with Crippen molar-refractivity contribution >= 4 is 27.7 Å². The molecule has 0 fully saturated rings. The number of carbonyl (C=O) groups excluding carboxylic acids is 1. The number of amidine groups is 1. The molecule has 0 aromatic heterocycles. The highest BCUT2D eigenvalue weighted by Gasteiger charge is 2.09. The van der Waals surface area contributed by atoms with E-state index >= 15 is 0 Å². The summed E-state index contributed by atoms with van der Waals surface area (Å²) in [4.78, 5) is 11.6. The number of nitrogens with zero attached hydrogens (tertiary/aromatic N) is 1. The van der Waals surface area contributed by atoms with Crippen LogP contribution in [0.25, 0.3) is 0 Å². The molecule has 0 saturated carbocycles. The molecule has 0 spiro atoms. The Hall–Kier alpha value is -1.56. The summed E-state index contributed by atoms with van der Waals surface area (Å²) in [7, 11) is 0. The van der Waals surface area contributed by atoms with Gasteiger partial charge in [0.1, 0.15) is 5.84 Å². The monoisotopic (exact) mass is 313 g/mol. The number of nitrogens with one attached hydrogen (secondary N) is 1. The predicted octanol–water partition coefficient (Wildman–Crippen LogP) is 1.49. The first kappa shape index (κ1) is 14.5. The van der Waals surface area contributed by atoms with Crippen molar-refractivity contribution in [2.75, 3.05) is 6.54 Å². The van der Waals surface area contributed by atoms with Crippen LogP contribution in [0.4, 0.5) is 0 Å². The van der Waals surface area contributed by atoms with Crippen LogP contribution in [0.3, 0.4) is 0 Å². The van der Waals surface area contributed by atoms with Crippen molar-refractivity contribution in [3.05, 3.63) is 34.3 Å². The van der Waals surface area contributed by atoms with Crippen LogP contribution >= 0.6 is 15.9 Å². The lowest BCUT2D eigenvalue weighted by molar-refractivity contribution is -0.120. The van der Waals surface area contributed by atoms with E-state index in [1.165, 1.54) is 0 Å². The summed E-state index contributed by atoms with van der Waals surface area (Å²) < 4.78 is 0.979. The molecule has 1 aromatic rings. The van der Waals surface area contributed by atoms with Gasteiger partial charge in [0, 0.05) is 16.9 Å². The maximum absolute atomic E-state index is 11.6. The maximum atomic E-state index is 11.6. The standard InChI is InChI=1S/C12H16BrN3O2/c1-8(12(14)16-18)7-15-11(17)6-9-2-4-10(13)5-3-9/h2-5,8,18H,6-7H2,1H3,(H2,14,16)(H,15,17). The van der Waals surface area contributed by atoms with Crippen molar-refractivity contribution in [1.82, 2.24) is 5.32 Å². The van der Waals surface area contributed by atoms with Crippen molar-refractivity contribution in [3.8, 4) is 0 Å². The van der Waals surface area contributed by atoms with Gasteiger partial charge in [-0.15, -0.1) is 0 Å². The molecular formula is C12H16BrN3O2. The first-order valence-electron chi connectivity index (χ1n) is 5.51. The molecular weight excluding hydrogens is 298 g/mol. The van der Waals surface area contributed by atoms with Crippen LogP contribution in [-0.2, 0) is 11.2 Å². The number of benzene rings is 1. The molecule has 0 aliphatic rings. The Morgan fingerprint density at radius 3 is 2.67 bits per heavy atom. The zero-order valence-electron chi connectivity index (χ0n) is 10.1. The molecule has 6 heteroatoms. The lowest BCUT2D eigenvalue weighted by Gasteiger charge is -2.11. The fraction of sp³-hybridized carbons (Fsp3) is 0.333. The van der Waals surface area contributed by atoms with E-state index < -0.39 is 0 Å². The molecule has 1 aromatic carbocycles.